The average molecular weight is 951 g/mol. The molecule has 0 aromatic carbocycles. The summed E-state index contributed by atoms with van der Waals surface area (Å²) in [6.07, 6.45) is 59.2. The van der Waals surface area contributed by atoms with Gasteiger partial charge in [-0.3, -0.25) is 18.6 Å². The first-order valence-corrected chi connectivity index (χ1v) is 28.2. The minimum atomic E-state index is -4.65. The number of ether oxygens (including phenoxy) is 2. The van der Waals surface area contributed by atoms with Crippen LogP contribution in [0.2, 0.25) is 0 Å². The molecule has 0 fully saturated rings. The number of hydrogen-bond donors (Lipinski definition) is 3. The maximum atomic E-state index is 12.4. The lowest BCUT2D eigenvalue weighted by Crippen LogP contribution is -2.28. The molecule has 0 bridgehead atoms. The maximum absolute atomic E-state index is 12.4. The third kappa shape index (κ3) is 48.1. The number of phosphoric ester groups is 1. The molecule has 3 atom stereocenters. The SMILES string of the molecule is CC/C=C\C/C=C\C/C=C\C/C=C\C/C=C\CCCCCC(=O)OC(CO)COP(=O)(O)OCC(CO)OC(=O)CCCCCCCCCCCCCCCCCCCCCCCCCC. The van der Waals surface area contributed by atoms with E-state index in [1.165, 1.54) is 128 Å². The van der Waals surface area contributed by atoms with Crippen molar-refractivity contribution >= 4 is 19.8 Å². The Bertz CT molecular complexity index is 1280. The first-order chi connectivity index (χ1) is 32.3. The largest absolute Gasteiger partial charge is 0.472 e. The second-order valence-electron chi connectivity index (χ2n) is 17.8. The third-order valence-corrected chi connectivity index (χ3v) is 12.4. The fourth-order valence-corrected chi connectivity index (χ4v) is 8.22. The van der Waals surface area contributed by atoms with Crippen LogP contribution in [0.1, 0.15) is 239 Å². The van der Waals surface area contributed by atoms with Crippen LogP contribution in [0.25, 0.3) is 0 Å². The number of phosphoric acid groups is 1. The van der Waals surface area contributed by atoms with Crippen molar-refractivity contribution in [3.8, 4) is 0 Å². The van der Waals surface area contributed by atoms with Gasteiger partial charge in [0.05, 0.1) is 26.4 Å². The molecule has 0 saturated heterocycles. The number of aliphatic hydroxyl groups is 2. The molecule has 3 N–H and O–H groups in total. The molecule has 0 rings (SSSR count). The summed E-state index contributed by atoms with van der Waals surface area (Å²) in [5.74, 6) is -1.05. The zero-order valence-electron chi connectivity index (χ0n) is 42.2. The lowest BCUT2D eigenvalue weighted by molar-refractivity contribution is -0.153. The Hall–Kier alpha value is -2.33. The molecular weight excluding hydrogens is 852 g/mol. The number of hydrogen-bond acceptors (Lipinski definition) is 9. The second-order valence-corrected chi connectivity index (χ2v) is 19.3. The van der Waals surface area contributed by atoms with Gasteiger partial charge in [-0.15, -0.1) is 0 Å². The lowest BCUT2D eigenvalue weighted by atomic mass is 10.0. The van der Waals surface area contributed by atoms with Crippen molar-refractivity contribution in [2.24, 2.45) is 0 Å². The maximum Gasteiger partial charge on any atom is 0.472 e. The Morgan fingerprint density at radius 2 is 0.712 bits per heavy atom. The highest BCUT2D eigenvalue weighted by molar-refractivity contribution is 7.47. The van der Waals surface area contributed by atoms with Crippen LogP contribution in [-0.2, 0) is 32.7 Å². The smallest absolute Gasteiger partial charge is 0.457 e. The van der Waals surface area contributed by atoms with E-state index in [1.54, 1.807) is 0 Å². The Morgan fingerprint density at radius 3 is 1.03 bits per heavy atom. The van der Waals surface area contributed by atoms with E-state index < -0.39 is 58.4 Å². The van der Waals surface area contributed by atoms with E-state index in [0.29, 0.717) is 12.8 Å². The molecule has 0 radical (unpaired) electrons. The van der Waals surface area contributed by atoms with Crippen LogP contribution in [0.3, 0.4) is 0 Å². The van der Waals surface area contributed by atoms with Crippen molar-refractivity contribution in [2.75, 3.05) is 26.4 Å². The van der Waals surface area contributed by atoms with Gasteiger partial charge in [-0.2, -0.15) is 0 Å². The number of aliphatic hydroxyl groups excluding tert-OH is 2. The van der Waals surface area contributed by atoms with E-state index in [4.69, 9.17) is 18.5 Å². The standard InChI is InChI=1S/C55H99O10P/c1-3-5-7-9-11-13-15-17-19-21-23-24-25-26-27-29-31-33-35-37-39-41-43-45-47-55(59)65-53(49-57)51-63-66(60,61)62-50-52(48-56)64-54(58)46-44-42-40-38-36-34-32-30-28-22-20-18-16-14-12-10-8-6-4-2/h6,8,12,14,18,20,28,30,34,36,52-53,56-57H,3-5,7,9-11,13,15-17,19,21-27,29,31-33,35,37-51H2,1-2H3,(H,60,61)/b8-6-,14-12-,20-18-,30-28-,36-34-. The van der Waals surface area contributed by atoms with Gasteiger partial charge in [0.2, 0.25) is 0 Å². The molecular formula is C55H99O10P. The van der Waals surface area contributed by atoms with E-state index in [2.05, 4.69) is 74.6 Å². The van der Waals surface area contributed by atoms with Gasteiger partial charge in [-0.25, -0.2) is 4.57 Å². The van der Waals surface area contributed by atoms with Crippen LogP contribution in [0.15, 0.2) is 60.8 Å². The van der Waals surface area contributed by atoms with Crippen LogP contribution in [-0.4, -0.2) is 65.7 Å². The summed E-state index contributed by atoms with van der Waals surface area (Å²) in [6, 6.07) is 0. The molecule has 3 unspecified atom stereocenters. The van der Waals surface area contributed by atoms with Gasteiger partial charge in [0.1, 0.15) is 12.2 Å². The summed E-state index contributed by atoms with van der Waals surface area (Å²) >= 11 is 0. The monoisotopic (exact) mass is 951 g/mol. The fraction of sp³-hybridized carbons (Fsp3) is 0.782. The number of carbonyl (C=O) groups is 2. The molecule has 0 heterocycles. The van der Waals surface area contributed by atoms with Crippen molar-refractivity contribution in [1.82, 2.24) is 0 Å². The van der Waals surface area contributed by atoms with Crippen molar-refractivity contribution in [3.05, 3.63) is 60.8 Å². The van der Waals surface area contributed by atoms with Gasteiger partial charge < -0.3 is 24.6 Å². The first-order valence-electron chi connectivity index (χ1n) is 26.7. The van der Waals surface area contributed by atoms with Gasteiger partial charge >= 0.3 is 19.8 Å². The highest BCUT2D eigenvalue weighted by Gasteiger charge is 2.27. The number of esters is 2. The van der Waals surface area contributed by atoms with Gasteiger partial charge in [0, 0.05) is 12.8 Å². The fourth-order valence-electron chi connectivity index (χ4n) is 7.44. The van der Waals surface area contributed by atoms with Gasteiger partial charge in [0.25, 0.3) is 0 Å². The summed E-state index contributed by atoms with van der Waals surface area (Å²) in [6.45, 7) is 2.10. The summed E-state index contributed by atoms with van der Waals surface area (Å²) in [7, 11) is -4.65. The zero-order valence-corrected chi connectivity index (χ0v) is 43.0. The van der Waals surface area contributed by atoms with Gasteiger partial charge in [-0.05, 0) is 57.8 Å². The highest BCUT2D eigenvalue weighted by Crippen LogP contribution is 2.43. The third-order valence-electron chi connectivity index (χ3n) is 11.5. The van der Waals surface area contributed by atoms with E-state index in [0.717, 1.165) is 70.6 Å². The van der Waals surface area contributed by atoms with Gasteiger partial charge in [-0.1, -0.05) is 229 Å². The minimum absolute atomic E-state index is 0.151. The molecule has 0 aliphatic heterocycles. The molecule has 0 aliphatic carbocycles. The van der Waals surface area contributed by atoms with Crippen LogP contribution in [0.4, 0.5) is 0 Å². The molecule has 384 valence electrons. The molecule has 0 aliphatic rings. The highest BCUT2D eigenvalue weighted by atomic mass is 31.2. The van der Waals surface area contributed by atoms with Crippen LogP contribution in [0, 0.1) is 0 Å². The summed E-state index contributed by atoms with van der Waals surface area (Å²) in [4.78, 5) is 34.7. The molecule has 0 saturated carbocycles. The molecule has 0 spiro atoms. The quantitative estimate of drug-likeness (QED) is 0.0233. The van der Waals surface area contributed by atoms with Gasteiger partial charge in [0.15, 0.2) is 0 Å². The van der Waals surface area contributed by atoms with Crippen LogP contribution in [0.5, 0.6) is 0 Å². The number of carbonyl (C=O) groups excluding carboxylic acids is 2. The minimum Gasteiger partial charge on any atom is -0.457 e. The predicted molar refractivity (Wildman–Crippen MR) is 274 cm³/mol. The molecule has 0 aromatic rings. The van der Waals surface area contributed by atoms with Crippen molar-refractivity contribution in [1.29, 1.82) is 0 Å². The number of rotatable bonds is 50. The van der Waals surface area contributed by atoms with E-state index in [9.17, 15) is 29.3 Å². The summed E-state index contributed by atoms with van der Waals surface area (Å²) < 4.78 is 32.7. The molecule has 11 heteroatoms. The topological polar surface area (TPSA) is 149 Å². The van der Waals surface area contributed by atoms with Crippen molar-refractivity contribution < 1.29 is 47.8 Å². The molecule has 0 aromatic heterocycles. The number of allylic oxidation sites excluding steroid dienone is 10. The Kier molecular flexibility index (Phi) is 48.8. The van der Waals surface area contributed by atoms with E-state index in [1.807, 2.05) is 0 Å². The molecule has 66 heavy (non-hydrogen) atoms. The first kappa shape index (κ1) is 63.7. The lowest BCUT2D eigenvalue weighted by Gasteiger charge is -2.20. The predicted octanol–water partition coefficient (Wildman–Crippen LogP) is 15.4. The number of unbranched alkanes of at least 4 members (excludes halogenated alkanes) is 26. The Labute approximate surface area is 404 Å². The molecule has 10 nitrogen and oxygen atoms in total. The zero-order chi connectivity index (χ0) is 48.3. The normalized spacial score (nSPS) is 14.1. The average Bonchev–Trinajstić information content (AvgIpc) is 3.31. The van der Waals surface area contributed by atoms with Crippen LogP contribution >= 0.6 is 7.82 Å². The van der Waals surface area contributed by atoms with Crippen molar-refractivity contribution in [2.45, 2.75) is 251 Å². The van der Waals surface area contributed by atoms with E-state index in [-0.39, 0.29) is 12.8 Å². The van der Waals surface area contributed by atoms with Crippen LogP contribution < -0.4 is 0 Å². The summed E-state index contributed by atoms with van der Waals surface area (Å²) in [5, 5.41) is 19.3. The van der Waals surface area contributed by atoms with Crippen molar-refractivity contribution in [3.63, 3.8) is 0 Å². The Balaban J connectivity index is 3.84. The molecule has 0 amide bonds. The Morgan fingerprint density at radius 1 is 0.424 bits per heavy atom. The van der Waals surface area contributed by atoms with E-state index >= 15 is 0 Å². The summed E-state index contributed by atoms with van der Waals surface area (Å²) in [5.41, 5.74) is 0. The second kappa shape index (κ2) is 50.5.